The summed E-state index contributed by atoms with van der Waals surface area (Å²) in [5, 5.41) is 17.6. The van der Waals surface area contributed by atoms with Gasteiger partial charge in [-0.15, -0.1) is 17.7 Å². The van der Waals surface area contributed by atoms with Gasteiger partial charge in [-0.2, -0.15) is 0 Å². The predicted octanol–water partition coefficient (Wildman–Crippen LogP) is 2.63. The van der Waals surface area contributed by atoms with Gasteiger partial charge in [0.2, 0.25) is 0 Å². The van der Waals surface area contributed by atoms with Crippen LogP contribution in [-0.2, 0) is 13.1 Å². The highest BCUT2D eigenvalue weighted by Gasteiger charge is 2.13. The van der Waals surface area contributed by atoms with Crippen molar-refractivity contribution in [3.8, 4) is 11.7 Å². The summed E-state index contributed by atoms with van der Waals surface area (Å²) >= 11 is 4.22. The van der Waals surface area contributed by atoms with Gasteiger partial charge in [-0.05, 0) is 23.3 Å². The number of hydrazine groups is 2. The SMILES string of the molecule is NN(Cc1ccccc1)c1cc(Oc2ccc(CN(N)c3nn[nH]c3S)cc2)on1. The number of aromatic nitrogens is 4. The minimum absolute atomic E-state index is 0.240. The first-order valence-corrected chi connectivity index (χ1v) is 9.45. The molecule has 0 aliphatic carbocycles. The van der Waals surface area contributed by atoms with Crippen molar-refractivity contribution in [3.63, 3.8) is 0 Å². The number of nitrogens with zero attached hydrogens (tertiary/aromatic N) is 5. The van der Waals surface area contributed by atoms with Crippen LogP contribution in [0.5, 0.6) is 11.7 Å². The fourth-order valence-electron chi connectivity index (χ4n) is 2.76. The maximum Gasteiger partial charge on any atom is 0.318 e. The first-order valence-electron chi connectivity index (χ1n) is 9.00. The number of rotatable bonds is 8. The Hall–Kier alpha value is -3.54. The molecule has 2 heterocycles. The van der Waals surface area contributed by atoms with Crippen molar-refractivity contribution in [2.45, 2.75) is 18.1 Å². The summed E-state index contributed by atoms with van der Waals surface area (Å²) in [5.41, 5.74) is 2.01. The van der Waals surface area contributed by atoms with Gasteiger partial charge in [0.25, 0.3) is 0 Å². The van der Waals surface area contributed by atoms with E-state index in [1.54, 1.807) is 18.2 Å². The molecule has 0 bridgehead atoms. The quantitative estimate of drug-likeness (QED) is 0.191. The molecule has 4 aromatic rings. The maximum atomic E-state index is 6.07. The van der Waals surface area contributed by atoms with Crippen molar-refractivity contribution in [1.82, 2.24) is 20.6 Å². The summed E-state index contributed by atoms with van der Waals surface area (Å²) < 4.78 is 10.9. The zero-order chi connectivity index (χ0) is 20.9. The normalized spacial score (nSPS) is 10.8. The largest absolute Gasteiger partial charge is 0.425 e. The lowest BCUT2D eigenvalue weighted by Crippen LogP contribution is -2.30. The second-order valence-corrected chi connectivity index (χ2v) is 6.92. The van der Waals surface area contributed by atoms with Crippen molar-refractivity contribution in [2.75, 3.05) is 10.0 Å². The first kappa shape index (κ1) is 19.8. The highest BCUT2D eigenvalue weighted by atomic mass is 32.1. The van der Waals surface area contributed by atoms with E-state index < -0.39 is 0 Å². The molecule has 2 aromatic heterocycles. The number of hydrogen-bond donors (Lipinski definition) is 4. The summed E-state index contributed by atoms with van der Waals surface area (Å²) in [5.74, 6) is 13.9. The number of aromatic amines is 1. The highest BCUT2D eigenvalue weighted by molar-refractivity contribution is 7.80. The minimum Gasteiger partial charge on any atom is -0.425 e. The van der Waals surface area contributed by atoms with E-state index >= 15 is 0 Å². The van der Waals surface area contributed by atoms with Crippen LogP contribution >= 0.6 is 12.6 Å². The molecule has 30 heavy (non-hydrogen) atoms. The van der Waals surface area contributed by atoms with Crippen LogP contribution in [0, 0.1) is 0 Å². The number of ether oxygens (including phenoxy) is 1. The summed E-state index contributed by atoms with van der Waals surface area (Å²) in [4.78, 5) is 0. The topological polar surface area (TPSA) is 135 Å². The Kier molecular flexibility index (Phi) is 5.84. The molecule has 11 heteroatoms. The third kappa shape index (κ3) is 4.71. The molecular weight excluding hydrogens is 404 g/mol. The lowest BCUT2D eigenvalue weighted by molar-refractivity contribution is 0.290. The molecule has 0 spiro atoms. The van der Waals surface area contributed by atoms with Gasteiger partial charge in [0.15, 0.2) is 11.6 Å². The summed E-state index contributed by atoms with van der Waals surface area (Å²) in [6, 6.07) is 18.9. The number of nitrogens with two attached hydrogens (primary N) is 2. The van der Waals surface area contributed by atoms with Crippen LogP contribution in [0.4, 0.5) is 11.6 Å². The molecular formula is C19H20N8O2S. The molecule has 0 atom stereocenters. The molecule has 0 amide bonds. The van der Waals surface area contributed by atoms with Gasteiger partial charge >= 0.3 is 5.95 Å². The Bertz CT molecular complexity index is 1080. The summed E-state index contributed by atoms with van der Waals surface area (Å²) in [6.45, 7) is 0.922. The zero-order valence-electron chi connectivity index (χ0n) is 15.8. The molecule has 0 fully saturated rings. The molecule has 0 radical (unpaired) electrons. The summed E-state index contributed by atoms with van der Waals surface area (Å²) in [7, 11) is 0. The zero-order valence-corrected chi connectivity index (χ0v) is 16.7. The number of benzene rings is 2. The fraction of sp³-hybridized carbons (Fsp3) is 0.105. The third-order valence-electron chi connectivity index (χ3n) is 4.25. The second-order valence-electron chi connectivity index (χ2n) is 6.48. The van der Waals surface area contributed by atoms with E-state index in [4.69, 9.17) is 20.9 Å². The number of thiol groups is 1. The standard InChI is InChI=1S/C19H20N8O2S/c20-26(11-13-4-2-1-3-5-13)16-10-17(29-24-16)28-15-8-6-14(7-9-15)12-27(21)18-19(30)23-25-22-18/h1-10H,11-12,20-21H2,(H2,22,23,25,30). The lowest BCUT2D eigenvalue weighted by Gasteiger charge is -2.15. The average molecular weight is 424 g/mol. The van der Waals surface area contributed by atoms with Gasteiger partial charge in [0, 0.05) is 0 Å². The van der Waals surface area contributed by atoms with E-state index in [9.17, 15) is 0 Å². The number of nitrogens with one attached hydrogen (secondary N) is 1. The fourth-order valence-corrected chi connectivity index (χ4v) is 2.97. The first-order chi connectivity index (χ1) is 14.6. The van der Waals surface area contributed by atoms with E-state index in [2.05, 4.69) is 33.2 Å². The predicted molar refractivity (Wildman–Crippen MR) is 114 cm³/mol. The van der Waals surface area contributed by atoms with Crippen LogP contribution in [0.3, 0.4) is 0 Å². The van der Waals surface area contributed by atoms with Crippen molar-refractivity contribution >= 4 is 24.3 Å². The molecule has 0 aliphatic heterocycles. The van der Waals surface area contributed by atoms with Crippen LogP contribution in [0.2, 0.25) is 0 Å². The van der Waals surface area contributed by atoms with Gasteiger partial charge in [-0.25, -0.2) is 16.8 Å². The minimum atomic E-state index is 0.240. The van der Waals surface area contributed by atoms with E-state index in [-0.39, 0.29) is 5.95 Å². The van der Waals surface area contributed by atoms with Crippen LogP contribution in [0.15, 0.2) is 70.2 Å². The smallest absolute Gasteiger partial charge is 0.318 e. The van der Waals surface area contributed by atoms with Gasteiger partial charge in [-0.3, -0.25) is 10.0 Å². The maximum absolute atomic E-state index is 6.07. The Morgan fingerprint density at radius 1 is 0.967 bits per heavy atom. The molecule has 0 unspecified atom stereocenters. The average Bonchev–Trinajstić information content (AvgIpc) is 3.39. The number of anilines is 2. The van der Waals surface area contributed by atoms with Gasteiger partial charge in [0.05, 0.1) is 19.2 Å². The van der Waals surface area contributed by atoms with E-state index in [1.807, 2.05) is 42.5 Å². The van der Waals surface area contributed by atoms with Crippen LogP contribution in [0.25, 0.3) is 0 Å². The molecule has 2 aromatic carbocycles. The molecule has 5 N–H and O–H groups in total. The monoisotopic (exact) mass is 424 g/mol. The van der Waals surface area contributed by atoms with Crippen molar-refractivity contribution in [2.24, 2.45) is 11.7 Å². The van der Waals surface area contributed by atoms with Crippen molar-refractivity contribution in [1.29, 1.82) is 0 Å². The summed E-state index contributed by atoms with van der Waals surface area (Å²) in [6.07, 6.45) is 0. The lowest BCUT2D eigenvalue weighted by atomic mass is 10.2. The number of H-pyrrole nitrogens is 1. The van der Waals surface area contributed by atoms with E-state index in [0.717, 1.165) is 11.1 Å². The molecule has 0 saturated carbocycles. The highest BCUT2D eigenvalue weighted by Crippen LogP contribution is 2.26. The Morgan fingerprint density at radius 3 is 2.37 bits per heavy atom. The van der Waals surface area contributed by atoms with Crippen molar-refractivity contribution in [3.05, 3.63) is 71.8 Å². The third-order valence-corrected chi connectivity index (χ3v) is 4.55. The van der Waals surface area contributed by atoms with Crippen LogP contribution in [0.1, 0.15) is 11.1 Å². The molecule has 0 saturated heterocycles. The second kappa shape index (κ2) is 8.86. The van der Waals surface area contributed by atoms with Gasteiger partial charge in [-0.1, -0.05) is 52.8 Å². The van der Waals surface area contributed by atoms with E-state index in [0.29, 0.717) is 35.5 Å². The molecule has 0 aliphatic rings. The van der Waals surface area contributed by atoms with Crippen molar-refractivity contribution < 1.29 is 9.26 Å². The molecule has 154 valence electrons. The van der Waals surface area contributed by atoms with Gasteiger partial charge in [0.1, 0.15) is 10.8 Å². The van der Waals surface area contributed by atoms with Gasteiger partial charge < -0.3 is 9.26 Å². The molecule has 10 nitrogen and oxygen atoms in total. The number of hydrogen-bond acceptors (Lipinski definition) is 10. The van der Waals surface area contributed by atoms with Crippen LogP contribution in [-0.4, -0.2) is 20.6 Å². The Morgan fingerprint density at radius 2 is 1.67 bits per heavy atom. The molecule has 4 rings (SSSR count). The Labute approximate surface area is 177 Å². The Balaban J connectivity index is 1.35. The van der Waals surface area contributed by atoms with Crippen LogP contribution < -0.4 is 26.4 Å². The van der Waals surface area contributed by atoms with E-state index in [1.165, 1.54) is 10.0 Å².